The Morgan fingerprint density at radius 2 is 1.70 bits per heavy atom. The van der Waals surface area contributed by atoms with E-state index in [4.69, 9.17) is 4.98 Å². The number of benzene rings is 2. The van der Waals surface area contributed by atoms with Gasteiger partial charge >= 0.3 is 0 Å². The Labute approximate surface area is 173 Å². The number of anilines is 1. The molecule has 4 rings (SSSR count). The molecule has 6 nitrogen and oxygen atoms in total. The maximum atomic E-state index is 13.3. The number of carbonyl (C=O) groups is 1. The highest BCUT2D eigenvalue weighted by Crippen LogP contribution is 2.27. The van der Waals surface area contributed by atoms with Gasteiger partial charge < -0.3 is 10.4 Å². The van der Waals surface area contributed by atoms with Crippen LogP contribution in [0.15, 0.2) is 60.8 Å². The van der Waals surface area contributed by atoms with Gasteiger partial charge in [-0.1, -0.05) is 24.3 Å². The van der Waals surface area contributed by atoms with E-state index in [2.05, 4.69) is 10.4 Å². The number of hydrogen-bond acceptors (Lipinski definition) is 5. The molecule has 0 unspecified atom stereocenters. The minimum atomic E-state index is -0.920. The second-order valence-corrected chi connectivity index (χ2v) is 7.75. The summed E-state index contributed by atoms with van der Waals surface area (Å²) in [6.45, 7) is 3.74. The van der Waals surface area contributed by atoms with Crippen molar-refractivity contribution in [3.8, 4) is 22.5 Å². The molecule has 2 aromatic heterocycles. The van der Waals surface area contributed by atoms with Crippen molar-refractivity contribution in [3.63, 3.8) is 0 Å². The topological polar surface area (TPSA) is 79.5 Å². The first-order chi connectivity index (χ1) is 14.3. The smallest absolute Gasteiger partial charge is 0.177 e. The van der Waals surface area contributed by atoms with Gasteiger partial charge in [0.15, 0.2) is 5.65 Å². The minimum Gasteiger partial charge on any atom is -0.389 e. The SMILES string of the molecule is CC(C)(O)CNc1cc(-c2ccc(F)cc2)nn2cc(-c3ccc(C=O)cc3)nc12. The Morgan fingerprint density at radius 1 is 1.07 bits per heavy atom. The van der Waals surface area contributed by atoms with Gasteiger partial charge in [0.05, 0.1) is 28.9 Å². The van der Waals surface area contributed by atoms with Crippen LogP contribution in [0.2, 0.25) is 0 Å². The number of hydrogen-bond donors (Lipinski definition) is 2. The molecule has 152 valence electrons. The molecule has 2 aromatic carbocycles. The number of fused-ring (bicyclic) bond motifs is 1. The van der Waals surface area contributed by atoms with Crippen molar-refractivity contribution in [1.29, 1.82) is 0 Å². The molecule has 0 aliphatic carbocycles. The van der Waals surface area contributed by atoms with Crippen LogP contribution in [0.5, 0.6) is 0 Å². The summed E-state index contributed by atoms with van der Waals surface area (Å²) in [5, 5.41) is 18.0. The maximum Gasteiger partial charge on any atom is 0.177 e. The third kappa shape index (κ3) is 4.21. The average molecular weight is 404 g/mol. The zero-order valence-electron chi connectivity index (χ0n) is 16.6. The zero-order chi connectivity index (χ0) is 21.3. The fraction of sp³-hybridized carbons (Fsp3) is 0.174. The van der Waals surface area contributed by atoms with Crippen molar-refractivity contribution in [3.05, 3.63) is 72.2 Å². The normalized spacial score (nSPS) is 11.6. The molecule has 0 bridgehead atoms. The van der Waals surface area contributed by atoms with Gasteiger partial charge in [0.2, 0.25) is 0 Å². The van der Waals surface area contributed by atoms with Crippen LogP contribution >= 0.6 is 0 Å². The van der Waals surface area contributed by atoms with Crippen LogP contribution < -0.4 is 5.32 Å². The molecule has 0 spiro atoms. The highest BCUT2D eigenvalue weighted by Gasteiger charge is 2.16. The second kappa shape index (κ2) is 7.68. The Hall–Kier alpha value is -3.58. The summed E-state index contributed by atoms with van der Waals surface area (Å²) in [5.74, 6) is -0.316. The molecular weight excluding hydrogens is 383 g/mol. The molecule has 0 saturated heterocycles. The number of nitrogens with one attached hydrogen (secondary N) is 1. The van der Waals surface area contributed by atoms with Crippen LogP contribution in [-0.2, 0) is 0 Å². The lowest BCUT2D eigenvalue weighted by Gasteiger charge is -2.19. The fourth-order valence-corrected chi connectivity index (χ4v) is 3.05. The van der Waals surface area contributed by atoms with E-state index < -0.39 is 5.60 Å². The lowest BCUT2D eigenvalue weighted by Crippen LogP contribution is -2.29. The van der Waals surface area contributed by atoms with Gasteiger partial charge in [0, 0.05) is 23.2 Å². The Morgan fingerprint density at radius 3 is 2.33 bits per heavy atom. The van der Waals surface area contributed by atoms with Crippen molar-refractivity contribution in [2.24, 2.45) is 0 Å². The summed E-state index contributed by atoms with van der Waals surface area (Å²) >= 11 is 0. The minimum absolute atomic E-state index is 0.311. The van der Waals surface area contributed by atoms with Crippen molar-refractivity contribution < 1.29 is 14.3 Å². The quantitative estimate of drug-likeness (QED) is 0.471. The third-order valence-corrected chi connectivity index (χ3v) is 4.62. The van der Waals surface area contributed by atoms with Gasteiger partial charge in [-0.3, -0.25) is 4.79 Å². The average Bonchev–Trinajstić information content (AvgIpc) is 3.16. The molecule has 2 N–H and O–H groups in total. The standard InChI is InChI=1S/C23H21FN4O2/c1-23(2,30)14-25-20-11-19(16-7-9-18(24)10-8-16)27-28-12-21(26-22(20)28)17-5-3-15(13-29)4-6-17/h3-13,25,30H,14H2,1-2H3. The van der Waals surface area contributed by atoms with Gasteiger partial charge in [-0.25, -0.2) is 13.9 Å². The fourth-order valence-electron chi connectivity index (χ4n) is 3.05. The molecule has 2 heterocycles. The van der Waals surface area contributed by atoms with Gasteiger partial charge in [0.25, 0.3) is 0 Å². The van der Waals surface area contributed by atoms with E-state index in [0.717, 1.165) is 17.4 Å². The van der Waals surface area contributed by atoms with Crippen LogP contribution in [0.1, 0.15) is 24.2 Å². The molecule has 4 aromatic rings. The lowest BCUT2D eigenvalue weighted by molar-refractivity contribution is 0.0945. The van der Waals surface area contributed by atoms with Crippen LogP contribution in [0.3, 0.4) is 0 Å². The van der Waals surface area contributed by atoms with E-state index in [1.54, 1.807) is 48.8 Å². The molecule has 0 radical (unpaired) electrons. The number of nitrogens with zero attached hydrogens (tertiary/aromatic N) is 3. The lowest BCUT2D eigenvalue weighted by atomic mass is 10.1. The molecular formula is C23H21FN4O2. The van der Waals surface area contributed by atoms with Crippen molar-refractivity contribution in [1.82, 2.24) is 14.6 Å². The summed E-state index contributed by atoms with van der Waals surface area (Å²) in [7, 11) is 0. The Bertz CT molecular complexity index is 1190. The van der Waals surface area contributed by atoms with Crippen molar-refractivity contribution in [2.75, 3.05) is 11.9 Å². The van der Waals surface area contributed by atoms with Gasteiger partial charge in [-0.15, -0.1) is 0 Å². The monoisotopic (exact) mass is 404 g/mol. The van der Waals surface area contributed by atoms with E-state index >= 15 is 0 Å². The highest BCUT2D eigenvalue weighted by molar-refractivity contribution is 5.78. The Kier molecular flexibility index (Phi) is 5.05. The predicted octanol–water partition coefficient (Wildman–Crippen LogP) is 4.20. The molecule has 0 atom stereocenters. The molecule has 0 fully saturated rings. The molecule has 30 heavy (non-hydrogen) atoms. The van der Waals surface area contributed by atoms with E-state index in [1.165, 1.54) is 12.1 Å². The van der Waals surface area contributed by atoms with Crippen LogP contribution in [0, 0.1) is 5.82 Å². The number of aromatic nitrogens is 3. The summed E-state index contributed by atoms with van der Waals surface area (Å²) in [6, 6.07) is 15.1. The number of aldehydes is 1. The summed E-state index contributed by atoms with van der Waals surface area (Å²) in [4.78, 5) is 15.6. The summed E-state index contributed by atoms with van der Waals surface area (Å²) in [5.41, 5.74) is 3.91. The van der Waals surface area contributed by atoms with Gasteiger partial charge in [0.1, 0.15) is 12.1 Å². The van der Waals surface area contributed by atoms with E-state index in [9.17, 15) is 14.3 Å². The number of imidazole rings is 1. The summed E-state index contributed by atoms with van der Waals surface area (Å²) < 4.78 is 15.0. The van der Waals surface area contributed by atoms with Crippen molar-refractivity contribution >= 4 is 17.6 Å². The molecule has 7 heteroatoms. The molecule has 0 aliphatic rings. The van der Waals surface area contributed by atoms with Gasteiger partial charge in [-0.2, -0.15) is 5.10 Å². The van der Waals surface area contributed by atoms with Crippen LogP contribution in [0.25, 0.3) is 28.2 Å². The van der Waals surface area contributed by atoms with Crippen molar-refractivity contribution in [2.45, 2.75) is 19.4 Å². The first-order valence-corrected chi connectivity index (χ1v) is 9.51. The van der Waals surface area contributed by atoms with E-state index in [1.807, 2.05) is 18.2 Å². The van der Waals surface area contributed by atoms with E-state index in [0.29, 0.717) is 34.8 Å². The molecule has 0 amide bonds. The van der Waals surface area contributed by atoms with Crippen LogP contribution in [0.4, 0.5) is 10.1 Å². The Balaban J connectivity index is 1.82. The van der Waals surface area contributed by atoms with Crippen LogP contribution in [-0.4, -0.2) is 38.1 Å². The van der Waals surface area contributed by atoms with E-state index in [-0.39, 0.29) is 5.82 Å². The first kappa shape index (κ1) is 19.7. The number of halogens is 1. The maximum absolute atomic E-state index is 13.3. The van der Waals surface area contributed by atoms with Gasteiger partial charge in [-0.05, 0) is 44.2 Å². The largest absolute Gasteiger partial charge is 0.389 e. The highest BCUT2D eigenvalue weighted by atomic mass is 19.1. The number of rotatable bonds is 6. The first-order valence-electron chi connectivity index (χ1n) is 9.51. The molecule has 0 saturated carbocycles. The second-order valence-electron chi connectivity index (χ2n) is 7.75. The zero-order valence-corrected chi connectivity index (χ0v) is 16.6. The number of carbonyl (C=O) groups excluding carboxylic acids is 1. The summed E-state index contributed by atoms with van der Waals surface area (Å²) in [6.07, 6.45) is 2.59. The predicted molar refractivity (Wildman–Crippen MR) is 114 cm³/mol. The molecule has 0 aliphatic heterocycles. The number of aliphatic hydroxyl groups is 1. The third-order valence-electron chi connectivity index (χ3n) is 4.62.